The largest absolute Gasteiger partial charge is 0.493 e. The minimum Gasteiger partial charge on any atom is -0.493 e. The number of aromatic nitrogens is 2. The normalized spacial score (nSPS) is 11.6. The van der Waals surface area contributed by atoms with Gasteiger partial charge in [-0.3, -0.25) is 0 Å². The Morgan fingerprint density at radius 3 is 2.68 bits per heavy atom. The molecule has 6 nitrogen and oxygen atoms in total. The molecule has 0 saturated carbocycles. The zero-order chi connectivity index (χ0) is 24.2. The number of carboxylic acid groups (broad SMARTS) is 1. The maximum Gasteiger partial charge on any atom is 0.342 e. The number of ether oxygens (including phenoxy) is 2. The zero-order valence-corrected chi connectivity index (χ0v) is 21.6. The van der Waals surface area contributed by atoms with Crippen LogP contribution in [-0.2, 0) is 11.4 Å². The first-order chi connectivity index (χ1) is 16.3. The highest BCUT2D eigenvalue weighted by atomic mass is 79.9. The molecule has 10 heteroatoms. The maximum absolute atomic E-state index is 11.9. The number of halogens is 3. The van der Waals surface area contributed by atoms with Crippen molar-refractivity contribution in [3.05, 3.63) is 85.1 Å². The van der Waals surface area contributed by atoms with Gasteiger partial charge in [-0.05, 0) is 59.8 Å². The molecule has 0 radical (unpaired) electrons. The topological polar surface area (TPSA) is 84.4 Å². The fraction of sp³-hybridized carbons (Fsp3) is 0.0833. The first kappa shape index (κ1) is 24.5. The van der Waals surface area contributed by atoms with Crippen LogP contribution in [0.2, 0.25) is 10.0 Å². The van der Waals surface area contributed by atoms with Crippen LogP contribution in [-0.4, -0.2) is 28.2 Å². The second kappa shape index (κ2) is 10.7. The highest BCUT2D eigenvalue weighted by molar-refractivity contribution is 9.10. The van der Waals surface area contributed by atoms with Crippen LogP contribution < -0.4 is 9.47 Å². The number of carboxylic acids is 1. The quantitative estimate of drug-likeness (QED) is 0.167. The Bertz CT molecular complexity index is 1370. The molecular weight excluding hydrogens is 563 g/mol. The number of nitrogens with zero attached hydrogens (tertiary/aromatic N) is 1. The number of para-hydroxylation sites is 2. The second-order valence-electron chi connectivity index (χ2n) is 7.02. The zero-order valence-electron chi connectivity index (χ0n) is 17.6. The number of rotatable bonds is 8. The molecule has 34 heavy (non-hydrogen) atoms. The van der Waals surface area contributed by atoms with E-state index in [1.54, 1.807) is 36.4 Å². The van der Waals surface area contributed by atoms with E-state index in [-0.39, 0.29) is 11.5 Å². The van der Waals surface area contributed by atoms with E-state index in [1.165, 1.54) is 7.11 Å². The monoisotopic (exact) mass is 578 g/mol. The van der Waals surface area contributed by atoms with E-state index in [1.807, 2.05) is 24.3 Å². The summed E-state index contributed by atoms with van der Waals surface area (Å²) in [7, 11) is 1.51. The van der Waals surface area contributed by atoms with Crippen molar-refractivity contribution in [2.75, 3.05) is 7.11 Å². The van der Waals surface area contributed by atoms with Crippen LogP contribution in [0.25, 0.3) is 17.1 Å². The van der Waals surface area contributed by atoms with Gasteiger partial charge in [0.1, 0.15) is 11.5 Å². The van der Waals surface area contributed by atoms with Crippen molar-refractivity contribution in [1.82, 2.24) is 9.97 Å². The minimum absolute atomic E-state index is 0.0865. The molecule has 0 unspecified atom stereocenters. The van der Waals surface area contributed by atoms with Crippen LogP contribution in [0.4, 0.5) is 0 Å². The average Bonchev–Trinajstić information content (AvgIpc) is 3.21. The van der Waals surface area contributed by atoms with Crippen molar-refractivity contribution in [3.63, 3.8) is 0 Å². The lowest BCUT2D eigenvalue weighted by Gasteiger charge is -2.14. The summed E-state index contributed by atoms with van der Waals surface area (Å²) in [6.45, 7) is 0.205. The van der Waals surface area contributed by atoms with E-state index in [4.69, 9.17) is 32.7 Å². The summed E-state index contributed by atoms with van der Waals surface area (Å²) >= 11 is 16.7. The average molecular weight is 580 g/mol. The Hall–Kier alpha value is -2.65. The number of nitrogens with one attached hydrogen (secondary N) is 1. The fourth-order valence-electron chi connectivity index (χ4n) is 3.09. The predicted molar refractivity (Wildman–Crippen MR) is 139 cm³/mol. The molecule has 0 fully saturated rings. The van der Waals surface area contributed by atoms with E-state index in [0.717, 1.165) is 28.4 Å². The molecule has 3 aromatic carbocycles. The summed E-state index contributed by atoms with van der Waals surface area (Å²) in [4.78, 5) is 19.6. The Balaban J connectivity index is 1.59. The predicted octanol–water partition coefficient (Wildman–Crippen LogP) is 7.44. The Kier molecular flexibility index (Phi) is 7.73. The number of hydrogen-bond donors (Lipinski definition) is 2. The molecule has 0 bridgehead atoms. The molecule has 0 amide bonds. The lowest BCUT2D eigenvalue weighted by Crippen LogP contribution is -2.00. The van der Waals surface area contributed by atoms with E-state index >= 15 is 0 Å². The number of carbonyl (C=O) groups is 1. The van der Waals surface area contributed by atoms with Gasteiger partial charge in [0.15, 0.2) is 16.7 Å². The molecule has 0 atom stereocenters. The SMILES string of the molecule is COc1cc(/C=C(\Sc2nc3ccccc3[nH]2)C(=O)O)c(Br)cc1OCc1ccc(Cl)cc1Cl. The van der Waals surface area contributed by atoms with Crippen LogP contribution in [0.3, 0.4) is 0 Å². The second-order valence-corrected chi connectivity index (χ2v) is 9.75. The molecule has 0 spiro atoms. The van der Waals surface area contributed by atoms with Crippen LogP contribution in [0.1, 0.15) is 11.1 Å². The van der Waals surface area contributed by atoms with Gasteiger partial charge in [-0.1, -0.05) is 57.3 Å². The number of methoxy groups -OCH3 is 1. The van der Waals surface area contributed by atoms with Crippen molar-refractivity contribution in [2.45, 2.75) is 11.8 Å². The smallest absolute Gasteiger partial charge is 0.342 e. The van der Waals surface area contributed by atoms with Gasteiger partial charge in [0.05, 0.1) is 18.1 Å². The fourth-order valence-corrected chi connectivity index (χ4v) is 4.77. The van der Waals surface area contributed by atoms with E-state index in [0.29, 0.717) is 36.7 Å². The van der Waals surface area contributed by atoms with Crippen LogP contribution >= 0.6 is 50.9 Å². The van der Waals surface area contributed by atoms with Gasteiger partial charge in [0.2, 0.25) is 0 Å². The van der Waals surface area contributed by atoms with Gasteiger partial charge < -0.3 is 19.6 Å². The van der Waals surface area contributed by atoms with Crippen molar-refractivity contribution >= 4 is 74.0 Å². The number of hydrogen-bond acceptors (Lipinski definition) is 5. The first-order valence-electron chi connectivity index (χ1n) is 9.86. The Morgan fingerprint density at radius 1 is 1.18 bits per heavy atom. The molecule has 1 heterocycles. The van der Waals surface area contributed by atoms with Gasteiger partial charge in [-0.15, -0.1) is 0 Å². The molecule has 0 aliphatic rings. The van der Waals surface area contributed by atoms with Gasteiger partial charge >= 0.3 is 5.97 Å². The van der Waals surface area contributed by atoms with Crippen LogP contribution in [0, 0.1) is 0 Å². The molecule has 0 aliphatic carbocycles. The van der Waals surface area contributed by atoms with Gasteiger partial charge in [-0.25, -0.2) is 9.78 Å². The number of aromatic amines is 1. The molecule has 1 aromatic heterocycles. The van der Waals surface area contributed by atoms with Gasteiger partial charge in [0, 0.05) is 20.1 Å². The van der Waals surface area contributed by atoms with Gasteiger partial charge in [0.25, 0.3) is 0 Å². The number of imidazole rings is 1. The molecular formula is C24H17BrCl2N2O4S. The highest BCUT2D eigenvalue weighted by Gasteiger charge is 2.16. The summed E-state index contributed by atoms with van der Waals surface area (Å²) in [5, 5.41) is 11.3. The molecule has 4 aromatic rings. The maximum atomic E-state index is 11.9. The molecule has 2 N–H and O–H groups in total. The summed E-state index contributed by atoms with van der Waals surface area (Å²) in [6.07, 6.45) is 1.55. The molecule has 0 aliphatic heterocycles. The molecule has 0 saturated heterocycles. The third-order valence-corrected chi connectivity index (χ3v) is 6.93. The first-order valence-corrected chi connectivity index (χ1v) is 12.2. The Morgan fingerprint density at radius 2 is 1.97 bits per heavy atom. The van der Waals surface area contributed by atoms with Crippen molar-refractivity contribution < 1.29 is 19.4 Å². The third-order valence-electron chi connectivity index (χ3n) is 4.75. The standard InChI is InChI=1S/C24H17BrCl2N2O4S/c1-32-20-8-14(16(25)11-21(20)33-12-13-6-7-15(26)10-17(13)27)9-22(23(30)31)34-24-28-18-4-2-3-5-19(18)29-24/h2-11H,12H2,1H3,(H,28,29)(H,30,31)/b22-9-. The lowest BCUT2D eigenvalue weighted by atomic mass is 10.2. The number of H-pyrrole nitrogens is 1. The summed E-state index contributed by atoms with van der Waals surface area (Å²) in [5.74, 6) is -0.161. The summed E-state index contributed by atoms with van der Waals surface area (Å²) < 4.78 is 12.0. The number of fused-ring (bicyclic) bond motifs is 1. The summed E-state index contributed by atoms with van der Waals surface area (Å²) in [6, 6.07) is 16.1. The van der Waals surface area contributed by atoms with Gasteiger partial charge in [-0.2, -0.15) is 0 Å². The summed E-state index contributed by atoms with van der Waals surface area (Å²) in [5.41, 5.74) is 2.97. The number of benzene rings is 3. The highest BCUT2D eigenvalue weighted by Crippen LogP contribution is 2.37. The third kappa shape index (κ3) is 5.70. The minimum atomic E-state index is -1.07. The number of thioether (sulfide) groups is 1. The van der Waals surface area contributed by atoms with E-state index in [9.17, 15) is 9.90 Å². The van der Waals surface area contributed by atoms with Crippen molar-refractivity contribution in [3.8, 4) is 11.5 Å². The van der Waals surface area contributed by atoms with Crippen LogP contribution in [0.15, 0.2) is 69.1 Å². The molecule has 174 valence electrons. The Labute approximate surface area is 218 Å². The van der Waals surface area contributed by atoms with Crippen molar-refractivity contribution in [2.24, 2.45) is 0 Å². The van der Waals surface area contributed by atoms with Crippen LogP contribution in [0.5, 0.6) is 11.5 Å². The molecule has 4 rings (SSSR count). The van der Waals surface area contributed by atoms with E-state index in [2.05, 4.69) is 25.9 Å². The van der Waals surface area contributed by atoms with E-state index < -0.39 is 5.97 Å². The van der Waals surface area contributed by atoms with Crippen molar-refractivity contribution in [1.29, 1.82) is 0 Å². The lowest BCUT2D eigenvalue weighted by molar-refractivity contribution is -0.131. The number of aliphatic carboxylic acids is 1.